The summed E-state index contributed by atoms with van der Waals surface area (Å²) in [5.74, 6) is -1.57. The molecule has 2 fully saturated rings. The zero-order valence-corrected chi connectivity index (χ0v) is 15.6. The van der Waals surface area contributed by atoms with Crippen molar-refractivity contribution in [3.05, 3.63) is 52.6 Å². The molecule has 0 radical (unpaired) electrons. The van der Waals surface area contributed by atoms with Crippen molar-refractivity contribution in [3.63, 3.8) is 0 Å². The van der Waals surface area contributed by atoms with Crippen molar-refractivity contribution in [2.75, 3.05) is 18.0 Å². The number of halogens is 4. The molecule has 1 N–H and O–H groups in total. The van der Waals surface area contributed by atoms with Crippen LogP contribution in [0.15, 0.2) is 24.3 Å². The second-order valence-electron chi connectivity index (χ2n) is 7.82. The first-order chi connectivity index (χ1) is 13.6. The number of alkyl halides is 3. The van der Waals surface area contributed by atoms with Crippen molar-refractivity contribution in [1.82, 2.24) is 9.97 Å². The molecule has 0 unspecified atom stereocenters. The normalized spacial score (nSPS) is 24.0. The van der Waals surface area contributed by atoms with E-state index < -0.39 is 23.5 Å². The highest BCUT2D eigenvalue weighted by molar-refractivity contribution is 5.85. The van der Waals surface area contributed by atoms with Gasteiger partial charge in [-0.15, -0.1) is 0 Å². The van der Waals surface area contributed by atoms with E-state index in [0.29, 0.717) is 37.6 Å². The van der Waals surface area contributed by atoms with Crippen molar-refractivity contribution >= 4 is 11.9 Å². The van der Waals surface area contributed by atoms with Gasteiger partial charge in [0.05, 0.1) is 5.56 Å². The monoisotopic (exact) mass is 409 g/mol. The van der Waals surface area contributed by atoms with Crippen molar-refractivity contribution in [3.8, 4) is 0 Å². The smallest absolute Gasteiger partial charge is 0.416 e. The van der Waals surface area contributed by atoms with Crippen molar-refractivity contribution in [2.45, 2.75) is 31.9 Å². The van der Waals surface area contributed by atoms with Gasteiger partial charge in [-0.1, -0.05) is 0 Å². The lowest BCUT2D eigenvalue weighted by Crippen LogP contribution is -2.25. The second-order valence-corrected chi connectivity index (χ2v) is 7.82. The Labute approximate surface area is 164 Å². The maximum atomic E-state index is 13.7. The minimum absolute atomic E-state index is 0.0263. The summed E-state index contributed by atoms with van der Waals surface area (Å²) < 4.78 is 53.7. The predicted molar refractivity (Wildman–Crippen MR) is 96.3 cm³/mol. The average Bonchev–Trinajstić information content (AvgIpc) is 3.19. The summed E-state index contributed by atoms with van der Waals surface area (Å²) in [6.07, 6.45) is -3.48. The number of benzene rings is 1. The number of fused-ring (bicyclic) bond motifs is 1. The van der Waals surface area contributed by atoms with Crippen LogP contribution in [0.2, 0.25) is 0 Å². The molecule has 0 amide bonds. The van der Waals surface area contributed by atoms with Crippen molar-refractivity contribution in [2.24, 2.45) is 11.8 Å². The van der Waals surface area contributed by atoms with Crippen LogP contribution in [-0.2, 0) is 6.18 Å². The van der Waals surface area contributed by atoms with E-state index in [1.54, 1.807) is 6.92 Å². The molecule has 0 bridgehead atoms. The molecule has 29 heavy (non-hydrogen) atoms. The van der Waals surface area contributed by atoms with Crippen molar-refractivity contribution < 1.29 is 27.5 Å². The fourth-order valence-corrected chi connectivity index (χ4v) is 4.65. The number of anilines is 1. The fraction of sp³-hybridized carbons (Fsp3) is 0.450. The number of hydrogen-bond acceptors (Lipinski definition) is 4. The molecule has 2 aliphatic rings. The Balaban J connectivity index is 1.53. The van der Waals surface area contributed by atoms with Gasteiger partial charge in [0, 0.05) is 18.8 Å². The Morgan fingerprint density at radius 3 is 2.38 bits per heavy atom. The van der Waals surface area contributed by atoms with Gasteiger partial charge in [-0.25, -0.2) is 19.2 Å². The van der Waals surface area contributed by atoms with Gasteiger partial charge >= 0.3 is 12.1 Å². The molecule has 2 heterocycles. The Kier molecular flexibility index (Phi) is 4.71. The number of carbonyl (C=O) groups is 1. The highest BCUT2D eigenvalue weighted by Crippen LogP contribution is 2.49. The summed E-state index contributed by atoms with van der Waals surface area (Å²) in [5, 5.41) is 9.18. The Morgan fingerprint density at radius 1 is 1.14 bits per heavy atom. The topological polar surface area (TPSA) is 66.3 Å². The van der Waals surface area contributed by atoms with E-state index in [1.165, 1.54) is 6.07 Å². The summed E-state index contributed by atoms with van der Waals surface area (Å²) in [6, 6.07) is 4.06. The third-order valence-electron chi connectivity index (χ3n) is 5.85. The van der Waals surface area contributed by atoms with Crippen LogP contribution in [0.5, 0.6) is 0 Å². The lowest BCUT2D eigenvalue weighted by atomic mass is 9.91. The highest BCUT2D eigenvalue weighted by atomic mass is 19.4. The fourth-order valence-electron chi connectivity index (χ4n) is 4.65. The number of aryl methyl sites for hydroxylation is 1. The largest absolute Gasteiger partial charge is 0.477 e. The van der Waals surface area contributed by atoms with Crippen LogP contribution in [-0.4, -0.2) is 34.1 Å². The quantitative estimate of drug-likeness (QED) is 0.767. The first-order valence-corrected chi connectivity index (χ1v) is 9.32. The first-order valence-electron chi connectivity index (χ1n) is 9.32. The average molecular weight is 409 g/mol. The number of aromatic carboxylic acids is 1. The zero-order valence-electron chi connectivity index (χ0n) is 15.6. The van der Waals surface area contributed by atoms with Gasteiger partial charge in [-0.05, 0) is 67.3 Å². The molecule has 1 saturated carbocycles. The molecule has 1 aliphatic heterocycles. The number of rotatable bonds is 3. The minimum atomic E-state index is -4.52. The van der Waals surface area contributed by atoms with E-state index in [2.05, 4.69) is 9.97 Å². The molecule has 1 aromatic heterocycles. The highest BCUT2D eigenvalue weighted by Gasteiger charge is 2.45. The first kappa shape index (κ1) is 19.6. The molecule has 2 aromatic rings. The lowest BCUT2D eigenvalue weighted by Gasteiger charge is -2.22. The Hall–Kier alpha value is -2.71. The zero-order chi connectivity index (χ0) is 20.9. The molecule has 1 aliphatic carbocycles. The van der Waals surface area contributed by atoms with Crippen LogP contribution >= 0.6 is 0 Å². The van der Waals surface area contributed by atoms with Crippen LogP contribution in [0, 0.1) is 24.6 Å². The predicted octanol–water partition coefficient (Wildman–Crippen LogP) is 4.27. The molecule has 5 nitrogen and oxygen atoms in total. The third kappa shape index (κ3) is 3.77. The maximum absolute atomic E-state index is 13.7. The van der Waals surface area contributed by atoms with Crippen LogP contribution in [0.3, 0.4) is 0 Å². The van der Waals surface area contributed by atoms with Crippen LogP contribution in [0.25, 0.3) is 0 Å². The van der Waals surface area contributed by atoms with E-state index in [0.717, 1.165) is 18.2 Å². The van der Waals surface area contributed by atoms with Crippen molar-refractivity contribution in [1.29, 1.82) is 0 Å². The summed E-state index contributed by atoms with van der Waals surface area (Å²) >= 11 is 0. The van der Waals surface area contributed by atoms with E-state index in [4.69, 9.17) is 0 Å². The minimum Gasteiger partial charge on any atom is -0.477 e. The van der Waals surface area contributed by atoms with Gasteiger partial charge < -0.3 is 10.0 Å². The van der Waals surface area contributed by atoms with Crippen LogP contribution in [0.1, 0.15) is 46.1 Å². The van der Waals surface area contributed by atoms with Gasteiger partial charge in [-0.2, -0.15) is 13.2 Å². The molecule has 9 heteroatoms. The molecule has 1 aromatic carbocycles. The number of aromatic nitrogens is 2. The Bertz CT molecular complexity index is 949. The summed E-state index contributed by atoms with van der Waals surface area (Å²) in [7, 11) is 0. The van der Waals surface area contributed by atoms with Crippen LogP contribution in [0.4, 0.5) is 23.5 Å². The molecular formula is C20H19F4N3O2. The molecule has 4 rings (SSSR count). The van der Waals surface area contributed by atoms with E-state index >= 15 is 0 Å². The lowest BCUT2D eigenvalue weighted by molar-refractivity contribution is -0.138. The number of carboxylic acids is 1. The molecule has 154 valence electrons. The molecule has 0 spiro atoms. The van der Waals surface area contributed by atoms with E-state index in [1.807, 2.05) is 4.90 Å². The van der Waals surface area contributed by atoms with Gasteiger partial charge in [0.1, 0.15) is 5.82 Å². The Morgan fingerprint density at radius 2 is 1.79 bits per heavy atom. The second kappa shape index (κ2) is 6.96. The summed E-state index contributed by atoms with van der Waals surface area (Å²) in [4.78, 5) is 21.5. The summed E-state index contributed by atoms with van der Waals surface area (Å²) in [5.41, 5.74) is -0.291. The summed E-state index contributed by atoms with van der Waals surface area (Å²) in [6.45, 7) is 2.77. The third-order valence-corrected chi connectivity index (χ3v) is 5.85. The number of hydrogen-bond donors (Lipinski definition) is 1. The van der Waals surface area contributed by atoms with Gasteiger partial charge in [-0.3, -0.25) is 0 Å². The molecule has 3 atom stereocenters. The van der Waals surface area contributed by atoms with Crippen LogP contribution < -0.4 is 4.90 Å². The van der Waals surface area contributed by atoms with E-state index in [9.17, 15) is 27.5 Å². The SMILES string of the molecule is Cc1cc(C(=O)O)nc(N2C[C@H]3C[C@@H](c4cc(F)ccc4C(F)(F)F)C[C@H]3C2)n1. The maximum Gasteiger partial charge on any atom is 0.416 e. The van der Waals surface area contributed by atoms with Gasteiger partial charge in [0.15, 0.2) is 5.69 Å². The van der Waals surface area contributed by atoms with Gasteiger partial charge in [0.2, 0.25) is 5.95 Å². The standard InChI is InChI=1S/C20H19F4N3O2/c1-10-4-17(18(28)29)26-19(25-10)27-8-12-5-11(6-13(12)9-27)15-7-14(21)2-3-16(15)20(22,23)24/h2-4,7,11-13H,5-6,8-9H2,1H3,(H,28,29)/t11-,12-,13+. The van der Waals surface area contributed by atoms with E-state index in [-0.39, 0.29) is 29.0 Å². The molecular weight excluding hydrogens is 390 g/mol. The molecule has 1 saturated heterocycles. The van der Waals surface area contributed by atoms with Gasteiger partial charge in [0.25, 0.3) is 0 Å². The number of carboxylic acid groups (broad SMARTS) is 1. The number of nitrogens with zero attached hydrogens (tertiary/aromatic N) is 3.